The minimum atomic E-state index is -0.506. The molecule has 1 aromatic rings. The molecule has 0 aliphatic carbocycles. The molecule has 98 valence electrons. The Labute approximate surface area is 107 Å². The summed E-state index contributed by atoms with van der Waals surface area (Å²) in [6.07, 6.45) is -0.506. The van der Waals surface area contributed by atoms with Gasteiger partial charge in [-0.05, 0) is 17.7 Å². The van der Waals surface area contributed by atoms with Crippen LogP contribution in [0.5, 0.6) is 5.75 Å². The quantitative estimate of drug-likeness (QED) is 0.710. The fourth-order valence-electron chi connectivity index (χ4n) is 1.50. The van der Waals surface area contributed by atoms with Gasteiger partial charge in [0.15, 0.2) is 6.61 Å². The van der Waals surface area contributed by atoms with Gasteiger partial charge in [0.25, 0.3) is 0 Å². The molecule has 0 aliphatic rings. The summed E-state index contributed by atoms with van der Waals surface area (Å²) >= 11 is 0. The monoisotopic (exact) mass is 250 g/mol. The lowest BCUT2D eigenvalue weighted by Gasteiger charge is -2.11. The van der Waals surface area contributed by atoms with Crippen molar-refractivity contribution in [1.82, 2.24) is 5.32 Å². The first-order valence-electron chi connectivity index (χ1n) is 5.72. The summed E-state index contributed by atoms with van der Waals surface area (Å²) in [5, 5.41) is 21.0. The normalized spacial score (nSPS) is 11.8. The molecule has 0 fully saturated rings. The molecule has 0 spiro atoms. The Morgan fingerprint density at radius 2 is 2.33 bits per heavy atom. The highest BCUT2D eigenvalue weighted by molar-refractivity contribution is 5.28. The fraction of sp³-hybridized carbons (Fsp3) is 0.462. The van der Waals surface area contributed by atoms with Gasteiger partial charge < -0.3 is 19.9 Å². The molecule has 5 heteroatoms. The molecule has 18 heavy (non-hydrogen) atoms. The van der Waals surface area contributed by atoms with E-state index in [-0.39, 0.29) is 6.61 Å². The molecule has 0 bridgehead atoms. The first-order valence-corrected chi connectivity index (χ1v) is 5.72. The van der Waals surface area contributed by atoms with Crippen LogP contribution >= 0.6 is 0 Å². The highest BCUT2D eigenvalue weighted by Gasteiger charge is 2.02. The van der Waals surface area contributed by atoms with Crippen molar-refractivity contribution in [3.05, 3.63) is 29.8 Å². The maximum atomic E-state index is 9.45. The summed E-state index contributed by atoms with van der Waals surface area (Å²) in [5.41, 5.74) is 1.04. The molecule has 0 heterocycles. The lowest BCUT2D eigenvalue weighted by molar-refractivity contribution is 0.0644. The van der Waals surface area contributed by atoms with E-state index < -0.39 is 6.10 Å². The summed E-state index contributed by atoms with van der Waals surface area (Å²) in [7, 11) is 1.55. The molecule has 0 amide bonds. The van der Waals surface area contributed by atoms with Crippen LogP contribution in [0.15, 0.2) is 24.3 Å². The van der Waals surface area contributed by atoms with Crippen LogP contribution in [0.3, 0.4) is 0 Å². The number of benzene rings is 1. The van der Waals surface area contributed by atoms with Crippen LogP contribution in [0.2, 0.25) is 0 Å². The van der Waals surface area contributed by atoms with Gasteiger partial charge in [-0.3, -0.25) is 0 Å². The zero-order chi connectivity index (χ0) is 13.2. The third-order valence-electron chi connectivity index (χ3n) is 2.27. The number of methoxy groups -OCH3 is 1. The summed E-state index contributed by atoms with van der Waals surface area (Å²) < 4.78 is 10.0. The lowest BCUT2D eigenvalue weighted by atomic mass is 10.2. The maximum Gasteiger partial charge on any atom is 0.174 e. The molecule has 5 nitrogen and oxygen atoms in total. The summed E-state index contributed by atoms with van der Waals surface area (Å²) in [5.74, 6) is 0.674. The minimum absolute atomic E-state index is 0.0451. The SMILES string of the molecule is COCC(O)CNCc1cccc(OCC#N)c1. The Bertz CT molecular complexity index is 390. The highest BCUT2D eigenvalue weighted by atomic mass is 16.5. The van der Waals surface area contributed by atoms with E-state index in [4.69, 9.17) is 14.7 Å². The van der Waals surface area contributed by atoms with E-state index >= 15 is 0 Å². The van der Waals surface area contributed by atoms with Gasteiger partial charge in [0, 0.05) is 20.2 Å². The summed E-state index contributed by atoms with van der Waals surface area (Å²) in [6.45, 7) is 1.46. The van der Waals surface area contributed by atoms with Crippen molar-refractivity contribution in [2.75, 3.05) is 26.9 Å². The molecule has 0 saturated heterocycles. The van der Waals surface area contributed by atoms with Gasteiger partial charge in [0.05, 0.1) is 12.7 Å². The molecule has 1 unspecified atom stereocenters. The molecule has 2 N–H and O–H groups in total. The summed E-state index contributed by atoms with van der Waals surface area (Å²) in [4.78, 5) is 0. The Morgan fingerprint density at radius 3 is 3.06 bits per heavy atom. The smallest absolute Gasteiger partial charge is 0.174 e. The van der Waals surface area contributed by atoms with Crippen molar-refractivity contribution in [3.63, 3.8) is 0 Å². The van der Waals surface area contributed by atoms with Gasteiger partial charge in [0.2, 0.25) is 0 Å². The molecule has 0 radical (unpaired) electrons. The molecule has 1 rings (SSSR count). The van der Waals surface area contributed by atoms with E-state index in [9.17, 15) is 5.11 Å². The fourth-order valence-corrected chi connectivity index (χ4v) is 1.50. The van der Waals surface area contributed by atoms with Crippen LogP contribution in [-0.2, 0) is 11.3 Å². The number of nitriles is 1. The number of rotatable bonds is 8. The third kappa shape index (κ3) is 5.64. The Hall–Kier alpha value is -1.61. The first kappa shape index (κ1) is 14.5. The zero-order valence-electron chi connectivity index (χ0n) is 10.4. The molecule has 1 aromatic carbocycles. The number of nitrogens with one attached hydrogen (secondary N) is 1. The van der Waals surface area contributed by atoms with Gasteiger partial charge in [-0.2, -0.15) is 5.26 Å². The second-order valence-corrected chi connectivity index (χ2v) is 3.83. The van der Waals surface area contributed by atoms with E-state index in [1.165, 1.54) is 0 Å². The van der Waals surface area contributed by atoms with Gasteiger partial charge in [-0.25, -0.2) is 0 Å². The molecular weight excluding hydrogens is 232 g/mol. The van der Waals surface area contributed by atoms with Crippen LogP contribution in [0.25, 0.3) is 0 Å². The number of nitrogens with zero attached hydrogens (tertiary/aromatic N) is 1. The number of ether oxygens (including phenoxy) is 2. The Balaban J connectivity index is 2.35. The second kappa shape index (κ2) is 8.48. The number of aliphatic hydroxyl groups is 1. The van der Waals surface area contributed by atoms with Crippen LogP contribution in [-0.4, -0.2) is 38.1 Å². The Morgan fingerprint density at radius 1 is 1.50 bits per heavy atom. The zero-order valence-corrected chi connectivity index (χ0v) is 10.4. The first-order chi connectivity index (χ1) is 8.76. The van der Waals surface area contributed by atoms with Gasteiger partial charge in [-0.1, -0.05) is 12.1 Å². The van der Waals surface area contributed by atoms with Gasteiger partial charge >= 0.3 is 0 Å². The topological polar surface area (TPSA) is 74.5 Å². The van der Waals surface area contributed by atoms with Crippen molar-refractivity contribution in [2.45, 2.75) is 12.6 Å². The van der Waals surface area contributed by atoms with E-state index in [0.29, 0.717) is 25.4 Å². The van der Waals surface area contributed by atoms with Crippen molar-refractivity contribution < 1.29 is 14.6 Å². The second-order valence-electron chi connectivity index (χ2n) is 3.83. The molecular formula is C13H18N2O3. The van der Waals surface area contributed by atoms with Crippen LogP contribution in [0, 0.1) is 11.3 Å². The van der Waals surface area contributed by atoms with Gasteiger partial charge in [-0.15, -0.1) is 0 Å². The number of aliphatic hydroxyl groups excluding tert-OH is 1. The van der Waals surface area contributed by atoms with Crippen molar-refractivity contribution in [2.24, 2.45) is 0 Å². The predicted molar refractivity (Wildman–Crippen MR) is 67.1 cm³/mol. The van der Waals surface area contributed by atoms with Crippen molar-refractivity contribution in [1.29, 1.82) is 5.26 Å². The van der Waals surface area contributed by atoms with Crippen LogP contribution in [0.4, 0.5) is 0 Å². The minimum Gasteiger partial charge on any atom is -0.479 e. The standard InChI is InChI=1S/C13H18N2O3/c1-17-10-12(16)9-15-8-11-3-2-4-13(7-11)18-6-5-14/h2-4,7,12,15-16H,6,8-10H2,1H3. The van der Waals surface area contributed by atoms with E-state index in [1.54, 1.807) is 13.2 Å². The predicted octanol–water partition coefficient (Wildman–Crippen LogP) is 0.686. The van der Waals surface area contributed by atoms with E-state index in [2.05, 4.69) is 5.32 Å². The van der Waals surface area contributed by atoms with Crippen molar-refractivity contribution >= 4 is 0 Å². The average Bonchev–Trinajstić information content (AvgIpc) is 2.37. The van der Waals surface area contributed by atoms with E-state index in [1.807, 2.05) is 24.3 Å². The molecule has 0 aromatic heterocycles. The highest BCUT2D eigenvalue weighted by Crippen LogP contribution is 2.12. The van der Waals surface area contributed by atoms with E-state index in [0.717, 1.165) is 5.56 Å². The van der Waals surface area contributed by atoms with Gasteiger partial charge in [0.1, 0.15) is 11.8 Å². The number of hydrogen-bond acceptors (Lipinski definition) is 5. The Kier molecular flexibility index (Phi) is 6.81. The molecule has 0 saturated carbocycles. The number of hydrogen-bond donors (Lipinski definition) is 2. The summed E-state index contributed by atoms with van der Waals surface area (Å²) in [6, 6.07) is 9.42. The van der Waals surface area contributed by atoms with Crippen LogP contribution < -0.4 is 10.1 Å². The van der Waals surface area contributed by atoms with Crippen LogP contribution in [0.1, 0.15) is 5.56 Å². The maximum absolute atomic E-state index is 9.45. The molecule has 0 aliphatic heterocycles. The molecule has 1 atom stereocenters. The lowest BCUT2D eigenvalue weighted by Crippen LogP contribution is -2.29. The third-order valence-corrected chi connectivity index (χ3v) is 2.27. The van der Waals surface area contributed by atoms with Crippen molar-refractivity contribution in [3.8, 4) is 11.8 Å². The average molecular weight is 250 g/mol. The largest absolute Gasteiger partial charge is 0.479 e.